The van der Waals surface area contributed by atoms with Crippen molar-refractivity contribution in [1.82, 2.24) is 15.2 Å². The third-order valence-corrected chi connectivity index (χ3v) is 4.49. The molecule has 2 heterocycles. The van der Waals surface area contributed by atoms with Gasteiger partial charge in [-0.15, -0.1) is 23.7 Å². The van der Waals surface area contributed by atoms with E-state index in [4.69, 9.17) is 0 Å². The predicted molar refractivity (Wildman–Crippen MR) is 81.0 cm³/mol. The Morgan fingerprint density at radius 2 is 2.14 bits per heavy atom. The second-order valence-electron chi connectivity index (χ2n) is 5.30. The normalized spacial score (nSPS) is 20.3. The minimum Gasteiger partial charge on any atom is -0.319 e. The molecule has 0 aliphatic carbocycles. The Bertz CT molecular complexity index is 448. The molecular weight excluding hydrogens is 323 g/mol. The summed E-state index contributed by atoms with van der Waals surface area (Å²) in [6, 6.07) is 0. The SMILES string of the molecule is CNCC1CCCN(Cc2sc(C)nc2C(F)(F)F)C1.Cl. The van der Waals surface area contributed by atoms with E-state index in [1.807, 2.05) is 7.05 Å². The van der Waals surface area contributed by atoms with E-state index < -0.39 is 11.9 Å². The Morgan fingerprint density at radius 3 is 2.76 bits per heavy atom. The van der Waals surface area contributed by atoms with Gasteiger partial charge in [0.15, 0.2) is 5.69 Å². The standard InChI is InChI=1S/C13H20F3N3S.ClH/c1-9-18-12(13(14,15)16)11(20-9)8-19-5-3-4-10(7-19)6-17-2;/h10,17H,3-8H2,1-2H3;1H. The maximum absolute atomic E-state index is 12.9. The van der Waals surface area contributed by atoms with Crippen LogP contribution in [-0.4, -0.2) is 36.6 Å². The lowest BCUT2D eigenvalue weighted by molar-refractivity contribution is -0.141. The van der Waals surface area contributed by atoms with E-state index in [1.165, 1.54) is 0 Å². The number of likely N-dealkylation sites (tertiary alicyclic amines) is 1. The highest BCUT2D eigenvalue weighted by atomic mass is 35.5. The maximum Gasteiger partial charge on any atom is 0.434 e. The number of rotatable bonds is 4. The minimum absolute atomic E-state index is 0. The molecule has 1 N–H and O–H groups in total. The van der Waals surface area contributed by atoms with Crippen molar-refractivity contribution < 1.29 is 13.2 Å². The highest BCUT2D eigenvalue weighted by Crippen LogP contribution is 2.35. The molecule has 3 nitrogen and oxygen atoms in total. The summed E-state index contributed by atoms with van der Waals surface area (Å²) in [5.41, 5.74) is -0.698. The van der Waals surface area contributed by atoms with Crippen molar-refractivity contribution in [2.75, 3.05) is 26.7 Å². The lowest BCUT2D eigenvalue weighted by Crippen LogP contribution is -2.38. The van der Waals surface area contributed by atoms with Gasteiger partial charge in [0.05, 0.1) is 9.88 Å². The van der Waals surface area contributed by atoms with Crippen LogP contribution >= 0.6 is 23.7 Å². The molecule has 1 aliphatic rings. The number of hydrogen-bond donors (Lipinski definition) is 1. The van der Waals surface area contributed by atoms with Gasteiger partial charge in [0, 0.05) is 13.1 Å². The largest absolute Gasteiger partial charge is 0.434 e. The second-order valence-corrected chi connectivity index (χ2v) is 6.59. The number of aromatic nitrogens is 1. The van der Waals surface area contributed by atoms with Gasteiger partial charge in [0.2, 0.25) is 0 Å². The molecule has 1 aromatic rings. The molecule has 0 saturated carbocycles. The Kier molecular flexibility index (Phi) is 6.90. The Hall–Kier alpha value is -0.370. The molecule has 1 unspecified atom stereocenters. The van der Waals surface area contributed by atoms with E-state index in [1.54, 1.807) is 6.92 Å². The molecule has 1 aliphatic heterocycles. The lowest BCUT2D eigenvalue weighted by atomic mass is 9.98. The third kappa shape index (κ3) is 5.09. The van der Waals surface area contributed by atoms with Crippen LogP contribution in [-0.2, 0) is 12.7 Å². The predicted octanol–water partition coefficient (Wildman–Crippen LogP) is 3.32. The van der Waals surface area contributed by atoms with Crippen molar-refractivity contribution in [2.45, 2.75) is 32.5 Å². The molecule has 122 valence electrons. The van der Waals surface area contributed by atoms with E-state index in [-0.39, 0.29) is 12.4 Å². The summed E-state index contributed by atoms with van der Waals surface area (Å²) < 4.78 is 38.8. The van der Waals surface area contributed by atoms with E-state index in [9.17, 15) is 13.2 Å². The molecule has 0 aromatic carbocycles. The summed E-state index contributed by atoms with van der Waals surface area (Å²) in [7, 11) is 1.91. The van der Waals surface area contributed by atoms with Crippen molar-refractivity contribution in [3.05, 3.63) is 15.6 Å². The number of alkyl halides is 3. The van der Waals surface area contributed by atoms with Crippen LogP contribution in [0.2, 0.25) is 0 Å². The number of nitrogens with zero attached hydrogens (tertiary/aromatic N) is 2. The maximum atomic E-state index is 12.9. The molecule has 2 rings (SSSR count). The van der Waals surface area contributed by atoms with Gasteiger partial charge in [-0.25, -0.2) is 4.98 Å². The summed E-state index contributed by atoms with van der Waals surface area (Å²) in [4.78, 5) is 6.12. The second kappa shape index (κ2) is 7.76. The van der Waals surface area contributed by atoms with Gasteiger partial charge < -0.3 is 5.32 Å². The highest BCUT2D eigenvalue weighted by molar-refractivity contribution is 7.11. The first kappa shape index (κ1) is 18.7. The molecule has 0 radical (unpaired) electrons. The van der Waals surface area contributed by atoms with Crippen molar-refractivity contribution >= 4 is 23.7 Å². The van der Waals surface area contributed by atoms with Crippen LogP contribution in [0.3, 0.4) is 0 Å². The number of thiazole rings is 1. The van der Waals surface area contributed by atoms with E-state index >= 15 is 0 Å². The number of nitrogens with one attached hydrogen (secondary N) is 1. The van der Waals surface area contributed by atoms with Gasteiger partial charge >= 0.3 is 6.18 Å². The molecule has 1 atom stereocenters. The van der Waals surface area contributed by atoms with Gasteiger partial charge in [0.1, 0.15) is 0 Å². The van der Waals surface area contributed by atoms with E-state index in [0.717, 1.165) is 43.8 Å². The summed E-state index contributed by atoms with van der Waals surface area (Å²) in [5, 5.41) is 3.63. The first-order valence-electron chi connectivity index (χ1n) is 6.80. The minimum atomic E-state index is -4.35. The molecular formula is C13H21ClF3N3S. The molecule has 1 saturated heterocycles. The summed E-state index contributed by atoms with van der Waals surface area (Å²) in [5.74, 6) is 0.525. The number of piperidine rings is 1. The number of aryl methyl sites for hydroxylation is 1. The van der Waals surface area contributed by atoms with Crippen LogP contribution in [0.15, 0.2) is 0 Å². The molecule has 0 bridgehead atoms. The molecule has 0 spiro atoms. The molecule has 21 heavy (non-hydrogen) atoms. The van der Waals surface area contributed by atoms with E-state index in [2.05, 4.69) is 15.2 Å². The zero-order valence-electron chi connectivity index (χ0n) is 12.2. The Morgan fingerprint density at radius 1 is 1.43 bits per heavy atom. The Balaban J connectivity index is 0.00000220. The lowest BCUT2D eigenvalue weighted by Gasteiger charge is -2.32. The van der Waals surface area contributed by atoms with Crippen LogP contribution in [0.1, 0.15) is 28.4 Å². The van der Waals surface area contributed by atoms with Crippen LogP contribution < -0.4 is 5.32 Å². The number of hydrogen-bond acceptors (Lipinski definition) is 4. The van der Waals surface area contributed by atoms with Crippen molar-refractivity contribution in [3.8, 4) is 0 Å². The van der Waals surface area contributed by atoms with Crippen LogP contribution in [0.5, 0.6) is 0 Å². The average Bonchev–Trinajstić information content (AvgIpc) is 2.71. The van der Waals surface area contributed by atoms with Gasteiger partial charge in [-0.1, -0.05) is 0 Å². The zero-order chi connectivity index (χ0) is 14.8. The number of halogens is 4. The van der Waals surface area contributed by atoms with Gasteiger partial charge in [-0.2, -0.15) is 13.2 Å². The van der Waals surface area contributed by atoms with Crippen LogP contribution in [0.25, 0.3) is 0 Å². The smallest absolute Gasteiger partial charge is 0.319 e. The fourth-order valence-corrected chi connectivity index (χ4v) is 3.75. The van der Waals surface area contributed by atoms with Crippen molar-refractivity contribution in [2.24, 2.45) is 5.92 Å². The fraction of sp³-hybridized carbons (Fsp3) is 0.769. The highest BCUT2D eigenvalue weighted by Gasteiger charge is 2.37. The van der Waals surface area contributed by atoms with Crippen molar-refractivity contribution in [1.29, 1.82) is 0 Å². The zero-order valence-corrected chi connectivity index (χ0v) is 13.8. The summed E-state index contributed by atoms with van der Waals surface area (Å²) in [6.07, 6.45) is -2.16. The molecule has 1 fully saturated rings. The van der Waals surface area contributed by atoms with Crippen LogP contribution in [0, 0.1) is 12.8 Å². The van der Waals surface area contributed by atoms with E-state index in [0.29, 0.717) is 22.3 Å². The fourth-order valence-electron chi connectivity index (χ4n) is 2.75. The van der Waals surface area contributed by atoms with Gasteiger partial charge in [0.25, 0.3) is 0 Å². The molecule has 0 amide bonds. The van der Waals surface area contributed by atoms with Crippen molar-refractivity contribution in [3.63, 3.8) is 0 Å². The topological polar surface area (TPSA) is 28.2 Å². The molecule has 8 heteroatoms. The van der Waals surface area contributed by atoms with Gasteiger partial charge in [-0.3, -0.25) is 4.90 Å². The monoisotopic (exact) mass is 343 g/mol. The van der Waals surface area contributed by atoms with Crippen LogP contribution in [0.4, 0.5) is 13.2 Å². The third-order valence-electron chi connectivity index (χ3n) is 3.54. The van der Waals surface area contributed by atoms with Gasteiger partial charge in [-0.05, 0) is 45.8 Å². The first-order valence-corrected chi connectivity index (χ1v) is 7.62. The summed E-state index contributed by atoms with van der Waals surface area (Å²) in [6.45, 7) is 4.64. The average molecular weight is 344 g/mol. The summed E-state index contributed by atoms with van der Waals surface area (Å²) >= 11 is 1.16. The first-order chi connectivity index (χ1) is 9.40. The quantitative estimate of drug-likeness (QED) is 0.909. The molecule has 1 aromatic heterocycles. The Labute approximate surface area is 133 Å².